The van der Waals surface area contributed by atoms with Crippen molar-refractivity contribution in [3.63, 3.8) is 0 Å². The van der Waals surface area contributed by atoms with Gasteiger partial charge in [-0.15, -0.1) is 0 Å². The molecule has 6 N–H and O–H groups in total. The average molecular weight is 977 g/mol. The number of amides is 1. The van der Waals surface area contributed by atoms with Crippen molar-refractivity contribution >= 4 is 5.91 Å². The smallest absolute Gasteiger partial charge is 0.220 e. The third-order valence-electron chi connectivity index (χ3n) is 14.2. The highest BCUT2D eigenvalue weighted by Crippen LogP contribution is 2.23. The van der Waals surface area contributed by atoms with Crippen molar-refractivity contribution < 1.29 is 39.8 Å². The maximum Gasteiger partial charge on any atom is 0.220 e. The molecule has 1 fully saturated rings. The van der Waals surface area contributed by atoms with E-state index in [2.05, 4.69) is 43.5 Å². The molecule has 1 rings (SSSR count). The van der Waals surface area contributed by atoms with Crippen LogP contribution in [0.5, 0.6) is 0 Å². The predicted molar refractivity (Wildman–Crippen MR) is 290 cm³/mol. The van der Waals surface area contributed by atoms with Gasteiger partial charge in [0.25, 0.3) is 0 Å². The first-order valence-electron chi connectivity index (χ1n) is 29.7. The van der Waals surface area contributed by atoms with Crippen molar-refractivity contribution in [1.29, 1.82) is 0 Å². The molecule has 9 nitrogen and oxygen atoms in total. The van der Waals surface area contributed by atoms with Crippen LogP contribution in [0.15, 0.2) is 36.5 Å². The predicted octanol–water partition coefficient (Wildman–Crippen LogP) is 14.7. The highest BCUT2D eigenvalue weighted by atomic mass is 16.7. The Kier molecular flexibility index (Phi) is 47.4. The molecule has 0 saturated carbocycles. The topological polar surface area (TPSA) is 149 Å². The average Bonchev–Trinajstić information content (AvgIpc) is 3.35. The summed E-state index contributed by atoms with van der Waals surface area (Å²) in [5.41, 5.74) is 0. The van der Waals surface area contributed by atoms with Gasteiger partial charge in [0, 0.05) is 6.42 Å². The molecule has 1 amide bonds. The minimum atomic E-state index is -1.57. The van der Waals surface area contributed by atoms with E-state index < -0.39 is 49.5 Å². The van der Waals surface area contributed by atoms with Gasteiger partial charge in [0.1, 0.15) is 24.4 Å². The number of allylic oxidation sites excluding steroid dienone is 5. The Balaban J connectivity index is 2.23. The van der Waals surface area contributed by atoms with Gasteiger partial charge in [-0.05, 0) is 44.9 Å². The van der Waals surface area contributed by atoms with Gasteiger partial charge >= 0.3 is 0 Å². The Hall–Kier alpha value is -1.59. The van der Waals surface area contributed by atoms with E-state index in [-0.39, 0.29) is 12.5 Å². The standard InChI is InChI=1S/C60H113NO8/c1-3-5-7-9-11-13-15-17-19-21-23-25-26-27-28-30-32-34-36-38-40-42-44-46-48-50-56(64)61-53(52-68-60-59(67)58(66)57(65)55(51-62)69-60)54(63)49-47-45-43-41-39-37-35-33-31-29-24-22-20-18-16-14-12-10-8-6-4-2/h31,33,39,41,47,49,53-55,57-60,62-63,65-67H,3-30,32,34-38,40,42-46,48,50-52H2,1-2H3,(H,61,64)/b33-31+,41-39+,49-47+. The van der Waals surface area contributed by atoms with Crippen molar-refractivity contribution in [3.8, 4) is 0 Å². The van der Waals surface area contributed by atoms with Gasteiger partial charge in [-0.25, -0.2) is 0 Å². The van der Waals surface area contributed by atoms with Crippen molar-refractivity contribution in [2.24, 2.45) is 0 Å². The lowest BCUT2D eigenvalue weighted by atomic mass is 9.99. The number of hydrogen-bond donors (Lipinski definition) is 6. The van der Waals surface area contributed by atoms with Crippen LogP contribution >= 0.6 is 0 Å². The van der Waals surface area contributed by atoms with Crippen molar-refractivity contribution in [2.45, 2.75) is 326 Å². The molecule has 1 aliphatic rings. The van der Waals surface area contributed by atoms with Crippen LogP contribution in [0, 0.1) is 0 Å². The molecule has 0 aromatic rings. The minimum Gasteiger partial charge on any atom is -0.394 e. The zero-order valence-electron chi connectivity index (χ0n) is 45.1. The van der Waals surface area contributed by atoms with Crippen molar-refractivity contribution in [2.75, 3.05) is 13.2 Å². The quantitative estimate of drug-likeness (QED) is 0.0261. The monoisotopic (exact) mass is 976 g/mol. The maximum atomic E-state index is 13.1. The van der Waals surface area contributed by atoms with E-state index >= 15 is 0 Å². The lowest BCUT2D eigenvalue weighted by Crippen LogP contribution is -2.60. The first-order valence-corrected chi connectivity index (χ1v) is 29.7. The number of ether oxygens (including phenoxy) is 2. The zero-order valence-corrected chi connectivity index (χ0v) is 45.1. The molecule has 1 saturated heterocycles. The Morgan fingerprint density at radius 3 is 1.22 bits per heavy atom. The number of hydrogen-bond acceptors (Lipinski definition) is 8. The minimum absolute atomic E-state index is 0.185. The second kappa shape index (κ2) is 50.0. The van der Waals surface area contributed by atoms with Crippen LogP contribution in [0.3, 0.4) is 0 Å². The molecule has 0 spiro atoms. The number of rotatable bonds is 51. The first-order chi connectivity index (χ1) is 33.8. The number of aliphatic hydroxyl groups is 5. The number of aliphatic hydroxyl groups excluding tert-OH is 5. The lowest BCUT2D eigenvalue weighted by molar-refractivity contribution is -0.302. The van der Waals surface area contributed by atoms with E-state index in [0.29, 0.717) is 6.42 Å². The zero-order chi connectivity index (χ0) is 50.1. The normalized spacial score (nSPS) is 19.7. The molecule has 69 heavy (non-hydrogen) atoms. The summed E-state index contributed by atoms with van der Waals surface area (Å²) in [4.78, 5) is 13.1. The number of unbranched alkanes of at least 4 members (excludes halogenated alkanes) is 37. The fourth-order valence-corrected chi connectivity index (χ4v) is 9.49. The van der Waals surface area contributed by atoms with Crippen LogP contribution in [0.25, 0.3) is 0 Å². The molecule has 7 unspecified atom stereocenters. The van der Waals surface area contributed by atoms with E-state index in [9.17, 15) is 30.3 Å². The third kappa shape index (κ3) is 39.6. The van der Waals surface area contributed by atoms with E-state index in [0.717, 1.165) is 44.9 Å². The lowest BCUT2D eigenvalue weighted by Gasteiger charge is -2.40. The van der Waals surface area contributed by atoms with Crippen LogP contribution in [0.1, 0.15) is 284 Å². The summed E-state index contributed by atoms with van der Waals surface area (Å²) in [5.74, 6) is -0.185. The molecule has 0 bridgehead atoms. The first kappa shape index (κ1) is 65.4. The summed E-state index contributed by atoms with van der Waals surface area (Å²) >= 11 is 0. The SMILES string of the molecule is CCCCCCCCCCCCC/C=C/CC/C=C/CC/C=C/C(O)C(COC1OC(CO)C(O)C(O)C1O)NC(=O)CCCCCCCCCCCCCCCCCCCCCCCCCCC. The summed E-state index contributed by atoms with van der Waals surface area (Å²) < 4.78 is 11.3. The Morgan fingerprint density at radius 1 is 0.478 bits per heavy atom. The van der Waals surface area contributed by atoms with Gasteiger partial charge in [-0.2, -0.15) is 0 Å². The molecule has 7 atom stereocenters. The van der Waals surface area contributed by atoms with E-state index in [1.165, 1.54) is 218 Å². The second-order valence-corrected chi connectivity index (χ2v) is 20.8. The molecule has 0 aliphatic carbocycles. The van der Waals surface area contributed by atoms with Crippen LogP contribution in [-0.4, -0.2) is 87.5 Å². The molecule has 1 aliphatic heterocycles. The third-order valence-corrected chi connectivity index (χ3v) is 14.2. The highest BCUT2D eigenvalue weighted by Gasteiger charge is 2.44. The molecular formula is C60H113NO8. The molecular weight excluding hydrogens is 863 g/mol. The Bertz CT molecular complexity index is 1180. The van der Waals surface area contributed by atoms with Crippen LogP contribution < -0.4 is 5.32 Å². The summed E-state index contributed by atoms with van der Waals surface area (Å²) in [7, 11) is 0. The fourth-order valence-electron chi connectivity index (χ4n) is 9.49. The van der Waals surface area contributed by atoms with Crippen LogP contribution in [-0.2, 0) is 14.3 Å². The van der Waals surface area contributed by atoms with Gasteiger partial charge < -0.3 is 40.3 Å². The molecule has 9 heteroatoms. The van der Waals surface area contributed by atoms with Crippen LogP contribution in [0.2, 0.25) is 0 Å². The summed E-state index contributed by atoms with van der Waals surface area (Å²) in [5, 5.41) is 54.5. The molecule has 0 aromatic carbocycles. The van der Waals surface area contributed by atoms with Crippen LogP contribution in [0.4, 0.5) is 0 Å². The van der Waals surface area contributed by atoms with E-state index in [1.807, 2.05) is 6.08 Å². The fraction of sp³-hybridized carbons (Fsp3) is 0.883. The number of carbonyl (C=O) groups excluding carboxylic acids is 1. The van der Waals surface area contributed by atoms with Crippen molar-refractivity contribution in [3.05, 3.63) is 36.5 Å². The van der Waals surface area contributed by atoms with Gasteiger partial charge in [0.15, 0.2) is 6.29 Å². The van der Waals surface area contributed by atoms with E-state index in [1.54, 1.807) is 6.08 Å². The van der Waals surface area contributed by atoms with Gasteiger partial charge in [0.2, 0.25) is 5.91 Å². The summed E-state index contributed by atoms with van der Waals surface area (Å²) in [6.45, 7) is 3.79. The second-order valence-electron chi connectivity index (χ2n) is 20.8. The number of nitrogens with one attached hydrogen (secondary N) is 1. The molecule has 0 aromatic heterocycles. The van der Waals surface area contributed by atoms with Gasteiger partial charge in [0.05, 0.1) is 25.4 Å². The molecule has 0 radical (unpaired) electrons. The highest BCUT2D eigenvalue weighted by molar-refractivity contribution is 5.76. The van der Waals surface area contributed by atoms with Crippen molar-refractivity contribution in [1.82, 2.24) is 5.32 Å². The summed E-state index contributed by atoms with van der Waals surface area (Å²) in [6.07, 6.45) is 57.9. The van der Waals surface area contributed by atoms with Gasteiger partial charge in [-0.3, -0.25) is 4.79 Å². The molecule has 406 valence electrons. The van der Waals surface area contributed by atoms with Gasteiger partial charge in [-0.1, -0.05) is 269 Å². The Labute approximate surface area is 425 Å². The molecule has 1 heterocycles. The Morgan fingerprint density at radius 2 is 0.826 bits per heavy atom. The maximum absolute atomic E-state index is 13.1. The largest absolute Gasteiger partial charge is 0.394 e. The number of carbonyl (C=O) groups is 1. The van der Waals surface area contributed by atoms with E-state index in [4.69, 9.17) is 9.47 Å². The summed E-state index contributed by atoms with van der Waals surface area (Å²) in [6, 6.07) is -0.826.